The molecule has 0 radical (unpaired) electrons. The third-order valence-electron chi connectivity index (χ3n) is 1.75. The maximum Gasteiger partial charge on any atom is 0.340 e. The van der Waals surface area contributed by atoms with Gasteiger partial charge in [0.2, 0.25) is 0 Å². The highest BCUT2D eigenvalue weighted by Gasteiger charge is 2.41. The van der Waals surface area contributed by atoms with Gasteiger partial charge in [0, 0.05) is 18.8 Å². The van der Waals surface area contributed by atoms with Gasteiger partial charge in [-0.25, -0.2) is 8.78 Å². The minimum atomic E-state index is -4.16. The van der Waals surface area contributed by atoms with Crippen LogP contribution >= 0.6 is 0 Å². The fraction of sp³-hybridized carbons (Fsp3) is 0.444. The molecule has 1 heterocycles. The molecule has 7 heteroatoms. The van der Waals surface area contributed by atoms with Crippen molar-refractivity contribution in [2.24, 2.45) is 5.73 Å². The first kappa shape index (κ1) is 12.7. The Morgan fingerprint density at radius 3 is 2.69 bits per heavy atom. The van der Waals surface area contributed by atoms with Gasteiger partial charge in [-0.05, 0) is 6.07 Å². The topological polar surface area (TPSA) is 48.1 Å². The second kappa shape index (κ2) is 5.11. The molecule has 16 heavy (non-hydrogen) atoms. The van der Waals surface area contributed by atoms with Gasteiger partial charge in [-0.2, -0.15) is 8.78 Å². The summed E-state index contributed by atoms with van der Waals surface area (Å²) in [5.41, 5.74) is 5.69. The Morgan fingerprint density at radius 1 is 1.44 bits per heavy atom. The predicted octanol–water partition coefficient (Wildman–Crippen LogP) is 1.82. The molecule has 0 fully saturated rings. The van der Waals surface area contributed by atoms with Gasteiger partial charge in [-0.15, -0.1) is 0 Å². The zero-order valence-corrected chi connectivity index (χ0v) is 8.17. The number of hydrogen-bond acceptors (Lipinski definition) is 3. The van der Waals surface area contributed by atoms with Gasteiger partial charge in [0.25, 0.3) is 0 Å². The first-order valence-electron chi connectivity index (χ1n) is 4.39. The van der Waals surface area contributed by atoms with Gasteiger partial charge in [0.05, 0.1) is 5.69 Å². The number of pyridine rings is 1. The Balaban J connectivity index is 2.60. The van der Waals surface area contributed by atoms with Crippen molar-refractivity contribution in [1.82, 2.24) is 4.98 Å². The van der Waals surface area contributed by atoms with E-state index in [9.17, 15) is 17.6 Å². The molecule has 1 rings (SSSR count). The van der Waals surface area contributed by atoms with Crippen LogP contribution in [-0.4, -0.2) is 23.9 Å². The van der Waals surface area contributed by atoms with Crippen LogP contribution in [0.25, 0.3) is 0 Å². The molecule has 3 nitrogen and oxygen atoms in total. The third-order valence-corrected chi connectivity index (χ3v) is 1.75. The van der Waals surface area contributed by atoms with Crippen molar-refractivity contribution in [2.75, 3.05) is 6.61 Å². The average molecular weight is 238 g/mol. The third kappa shape index (κ3) is 3.34. The van der Waals surface area contributed by atoms with Gasteiger partial charge in [-0.3, -0.25) is 4.98 Å². The molecule has 0 saturated heterocycles. The first-order chi connectivity index (χ1) is 7.45. The van der Waals surface area contributed by atoms with Crippen molar-refractivity contribution in [3.63, 3.8) is 0 Å². The van der Waals surface area contributed by atoms with E-state index in [-0.39, 0.29) is 12.3 Å². The summed E-state index contributed by atoms with van der Waals surface area (Å²) in [5.74, 6) is -4.12. The van der Waals surface area contributed by atoms with E-state index in [0.29, 0.717) is 5.69 Å². The van der Waals surface area contributed by atoms with E-state index >= 15 is 0 Å². The standard InChI is InChI=1S/C9H10F4N2O/c10-8(11)9(12,13)5-16-7-1-2-15-6(3-7)4-14/h1-3,8H,4-5,14H2. The minimum Gasteiger partial charge on any atom is -0.487 e. The second-order valence-corrected chi connectivity index (χ2v) is 3.04. The molecular formula is C9H10F4N2O. The fourth-order valence-electron chi connectivity index (χ4n) is 0.900. The fourth-order valence-corrected chi connectivity index (χ4v) is 0.900. The largest absolute Gasteiger partial charge is 0.487 e. The molecule has 0 spiro atoms. The summed E-state index contributed by atoms with van der Waals surface area (Å²) in [7, 11) is 0. The van der Waals surface area contributed by atoms with Gasteiger partial charge in [0.15, 0.2) is 6.61 Å². The number of alkyl halides is 4. The van der Waals surface area contributed by atoms with Crippen LogP contribution in [0.3, 0.4) is 0 Å². The summed E-state index contributed by atoms with van der Waals surface area (Å²) in [6.07, 6.45) is -2.44. The molecule has 0 aromatic carbocycles. The Labute approximate surface area is 89.2 Å². The van der Waals surface area contributed by atoms with Gasteiger partial charge < -0.3 is 10.5 Å². The Morgan fingerprint density at radius 2 is 2.12 bits per heavy atom. The van der Waals surface area contributed by atoms with Crippen molar-refractivity contribution in [3.05, 3.63) is 24.0 Å². The summed E-state index contributed by atoms with van der Waals surface area (Å²) in [5, 5.41) is 0. The summed E-state index contributed by atoms with van der Waals surface area (Å²) >= 11 is 0. The lowest BCUT2D eigenvalue weighted by molar-refractivity contribution is -0.148. The highest BCUT2D eigenvalue weighted by atomic mass is 19.3. The van der Waals surface area contributed by atoms with Gasteiger partial charge >= 0.3 is 12.3 Å². The van der Waals surface area contributed by atoms with Crippen LogP contribution in [0, 0.1) is 0 Å². The van der Waals surface area contributed by atoms with E-state index in [2.05, 4.69) is 9.72 Å². The SMILES string of the molecule is NCc1cc(OCC(F)(F)C(F)F)ccn1. The number of rotatable bonds is 5. The average Bonchev–Trinajstić information content (AvgIpc) is 2.26. The normalized spacial score (nSPS) is 11.9. The van der Waals surface area contributed by atoms with Crippen LogP contribution in [-0.2, 0) is 6.54 Å². The zero-order valence-electron chi connectivity index (χ0n) is 8.17. The number of nitrogens with zero attached hydrogens (tertiary/aromatic N) is 1. The van der Waals surface area contributed by atoms with Crippen LogP contribution in [0.2, 0.25) is 0 Å². The molecule has 0 saturated carbocycles. The molecular weight excluding hydrogens is 228 g/mol. The number of nitrogens with two attached hydrogens (primary N) is 1. The number of halogens is 4. The molecule has 1 aromatic rings. The van der Waals surface area contributed by atoms with Crippen molar-refractivity contribution in [3.8, 4) is 5.75 Å². The van der Waals surface area contributed by atoms with Gasteiger partial charge in [0.1, 0.15) is 5.75 Å². The zero-order chi connectivity index (χ0) is 12.2. The molecule has 0 amide bonds. The summed E-state index contributed by atoms with van der Waals surface area (Å²) in [4.78, 5) is 3.80. The monoisotopic (exact) mass is 238 g/mol. The van der Waals surface area contributed by atoms with E-state index in [4.69, 9.17) is 5.73 Å². The summed E-state index contributed by atoms with van der Waals surface area (Å²) in [6.45, 7) is -1.26. The van der Waals surface area contributed by atoms with Crippen molar-refractivity contribution in [2.45, 2.75) is 18.9 Å². The molecule has 0 bridgehead atoms. The quantitative estimate of drug-likeness (QED) is 0.796. The predicted molar refractivity (Wildman–Crippen MR) is 48.6 cm³/mol. The Bertz CT molecular complexity index is 346. The van der Waals surface area contributed by atoms with Crippen molar-refractivity contribution >= 4 is 0 Å². The highest BCUT2D eigenvalue weighted by Crippen LogP contribution is 2.24. The lowest BCUT2D eigenvalue weighted by Gasteiger charge is -2.15. The molecule has 0 aliphatic carbocycles. The van der Waals surface area contributed by atoms with Crippen LogP contribution in [0.5, 0.6) is 5.75 Å². The van der Waals surface area contributed by atoms with Crippen LogP contribution < -0.4 is 10.5 Å². The number of ether oxygens (including phenoxy) is 1. The molecule has 90 valence electrons. The Hall–Kier alpha value is -1.37. The summed E-state index contributed by atoms with van der Waals surface area (Å²) in [6, 6.07) is 2.61. The molecule has 0 unspecified atom stereocenters. The Kier molecular flexibility index (Phi) is 4.05. The van der Waals surface area contributed by atoms with Crippen molar-refractivity contribution in [1.29, 1.82) is 0 Å². The molecule has 0 aliphatic rings. The van der Waals surface area contributed by atoms with E-state index in [1.807, 2.05) is 0 Å². The van der Waals surface area contributed by atoms with Crippen molar-refractivity contribution < 1.29 is 22.3 Å². The molecule has 1 aromatic heterocycles. The van der Waals surface area contributed by atoms with Crippen LogP contribution in [0.1, 0.15) is 5.69 Å². The molecule has 2 N–H and O–H groups in total. The van der Waals surface area contributed by atoms with E-state index in [1.165, 1.54) is 18.3 Å². The van der Waals surface area contributed by atoms with Crippen LogP contribution in [0.15, 0.2) is 18.3 Å². The first-order valence-corrected chi connectivity index (χ1v) is 4.39. The lowest BCUT2D eigenvalue weighted by Crippen LogP contribution is -2.33. The van der Waals surface area contributed by atoms with Gasteiger partial charge in [-0.1, -0.05) is 0 Å². The molecule has 0 atom stereocenters. The number of aromatic nitrogens is 1. The second-order valence-electron chi connectivity index (χ2n) is 3.04. The maximum atomic E-state index is 12.5. The lowest BCUT2D eigenvalue weighted by atomic mass is 10.3. The highest BCUT2D eigenvalue weighted by molar-refractivity contribution is 5.22. The smallest absolute Gasteiger partial charge is 0.340 e. The minimum absolute atomic E-state index is 0.0378. The molecule has 0 aliphatic heterocycles. The maximum absolute atomic E-state index is 12.5. The van der Waals surface area contributed by atoms with E-state index < -0.39 is 19.0 Å². The van der Waals surface area contributed by atoms with Crippen LogP contribution in [0.4, 0.5) is 17.6 Å². The van der Waals surface area contributed by atoms with E-state index in [1.54, 1.807) is 0 Å². The number of hydrogen-bond donors (Lipinski definition) is 1. The summed E-state index contributed by atoms with van der Waals surface area (Å²) < 4.78 is 53.1. The van der Waals surface area contributed by atoms with E-state index in [0.717, 1.165) is 0 Å².